The van der Waals surface area contributed by atoms with Crippen LogP contribution >= 0.6 is 23.2 Å². The van der Waals surface area contributed by atoms with Crippen LogP contribution in [-0.4, -0.2) is 53.4 Å². The van der Waals surface area contributed by atoms with E-state index in [1.807, 2.05) is 0 Å². The topological polar surface area (TPSA) is 111 Å². The van der Waals surface area contributed by atoms with E-state index in [9.17, 15) is 23.5 Å². The lowest BCUT2D eigenvalue weighted by Crippen LogP contribution is -2.52. The van der Waals surface area contributed by atoms with Gasteiger partial charge < -0.3 is 26.2 Å². The Morgan fingerprint density at radius 2 is 1.82 bits per heavy atom. The summed E-state index contributed by atoms with van der Waals surface area (Å²) in [5.41, 5.74) is -0.175. The molecule has 210 valence electrons. The Hall–Kier alpha value is -2.30. The molecule has 1 spiro atoms. The number of hydrogen-bond acceptors (Lipinski definition) is 5. The van der Waals surface area contributed by atoms with Crippen LogP contribution in [0.1, 0.15) is 55.6 Å². The van der Waals surface area contributed by atoms with E-state index in [-0.39, 0.29) is 28.9 Å². The molecule has 5 atom stereocenters. The second-order valence-electron chi connectivity index (χ2n) is 10.7. The number of aliphatic hydroxyl groups excluding tert-OH is 2. The normalized spacial score (nSPS) is 27.4. The third-order valence-electron chi connectivity index (χ3n) is 8.50. The van der Waals surface area contributed by atoms with E-state index in [2.05, 4.69) is 16.0 Å². The minimum absolute atomic E-state index is 0.0154. The van der Waals surface area contributed by atoms with Gasteiger partial charge >= 0.3 is 0 Å². The number of halogens is 4. The smallest absolute Gasteiger partial charge is 0.237 e. The zero-order chi connectivity index (χ0) is 27.9. The number of fused-ring (bicyclic) bond motifs is 2. The molecule has 1 saturated carbocycles. The van der Waals surface area contributed by atoms with E-state index in [1.54, 1.807) is 0 Å². The Morgan fingerprint density at radius 3 is 2.51 bits per heavy atom. The van der Waals surface area contributed by atoms with Gasteiger partial charge in [0, 0.05) is 24.2 Å². The highest BCUT2D eigenvalue weighted by Crippen LogP contribution is 2.58. The second kappa shape index (κ2) is 11.3. The van der Waals surface area contributed by atoms with Gasteiger partial charge in [-0.3, -0.25) is 9.59 Å². The minimum atomic E-state index is -1.41. The Bertz CT molecular complexity index is 1280. The Labute approximate surface area is 235 Å². The molecular weight excluding hydrogens is 551 g/mol. The predicted octanol–water partition coefficient (Wildman–Crippen LogP) is 4.03. The summed E-state index contributed by atoms with van der Waals surface area (Å²) in [6, 6.07) is 5.28. The van der Waals surface area contributed by atoms with Gasteiger partial charge in [-0.15, -0.1) is 0 Å². The minimum Gasteiger partial charge on any atom is -0.394 e. The predicted molar refractivity (Wildman–Crippen MR) is 144 cm³/mol. The van der Waals surface area contributed by atoms with Crippen molar-refractivity contribution in [2.75, 3.05) is 18.5 Å². The maximum absolute atomic E-state index is 15.0. The van der Waals surface area contributed by atoms with Crippen LogP contribution in [-0.2, 0) is 15.0 Å². The van der Waals surface area contributed by atoms with E-state index in [0.29, 0.717) is 16.8 Å². The van der Waals surface area contributed by atoms with Gasteiger partial charge in [0.15, 0.2) is 0 Å². The molecule has 11 heteroatoms. The summed E-state index contributed by atoms with van der Waals surface area (Å²) in [7, 11) is 0. The first kappa shape index (κ1) is 28.2. The van der Waals surface area contributed by atoms with Crippen LogP contribution in [0.25, 0.3) is 0 Å². The summed E-state index contributed by atoms with van der Waals surface area (Å²) in [5.74, 6) is -3.00. The van der Waals surface area contributed by atoms with Crippen molar-refractivity contribution in [1.29, 1.82) is 0 Å². The fraction of sp³-hybridized carbons (Fsp3) is 0.500. The quantitative estimate of drug-likeness (QED) is 0.339. The van der Waals surface area contributed by atoms with Gasteiger partial charge in [0.1, 0.15) is 17.0 Å². The average molecular weight is 582 g/mol. The highest BCUT2D eigenvalue weighted by molar-refractivity contribution is 6.31. The van der Waals surface area contributed by atoms with Gasteiger partial charge in [-0.05, 0) is 60.6 Å². The average Bonchev–Trinajstić information content (AvgIpc) is 3.42. The van der Waals surface area contributed by atoms with Gasteiger partial charge in [-0.1, -0.05) is 48.5 Å². The first-order valence-corrected chi connectivity index (χ1v) is 14.0. The molecule has 5 rings (SSSR count). The fourth-order valence-corrected chi connectivity index (χ4v) is 7.12. The number of rotatable bonds is 7. The van der Waals surface area contributed by atoms with Crippen molar-refractivity contribution < 1.29 is 28.6 Å². The molecule has 39 heavy (non-hydrogen) atoms. The maximum atomic E-state index is 15.0. The molecule has 2 aromatic rings. The monoisotopic (exact) mass is 581 g/mol. The molecule has 2 amide bonds. The third-order valence-corrected chi connectivity index (χ3v) is 9.08. The number of nitrogens with one attached hydrogen (secondary N) is 3. The van der Waals surface area contributed by atoms with Crippen molar-refractivity contribution in [2.45, 2.75) is 68.0 Å². The Kier molecular flexibility index (Phi) is 8.18. The molecule has 0 bridgehead atoms. The zero-order valence-corrected chi connectivity index (χ0v) is 22.7. The molecular formula is C28H31Cl2F2N3O4. The van der Waals surface area contributed by atoms with Gasteiger partial charge in [0.2, 0.25) is 11.8 Å². The van der Waals surface area contributed by atoms with E-state index in [0.717, 1.165) is 32.1 Å². The summed E-state index contributed by atoms with van der Waals surface area (Å²) in [5, 5.41) is 27.7. The molecule has 0 radical (unpaired) electrons. The summed E-state index contributed by atoms with van der Waals surface area (Å²) < 4.78 is 29.3. The van der Waals surface area contributed by atoms with Crippen LogP contribution < -0.4 is 16.0 Å². The lowest BCUT2D eigenvalue weighted by atomic mass is 9.61. The van der Waals surface area contributed by atoms with E-state index in [1.165, 1.54) is 30.3 Å². The largest absolute Gasteiger partial charge is 0.394 e. The van der Waals surface area contributed by atoms with Crippen LogP contribution in [0.3, 0.4) is 0 Å². The second-order valence-corrected chi connectivity index (χ2v) is 11.5. The van der Waals surface area contributed by atoms with Crippen molar-refractivity contribution >= 4 is 40.7 Å². The molecule has 2 aromatic carbocycles. The molecule has 3 aliphatic rings. The van der Waals surface area contributed by atoms with Crippen molar-refractivity contribution in [3.63, 3.8) is 0 Å². The van der Waals surface area contributed by atoms with E-state index >= 15 is 0 Å². The lowest BCUT2D eigenvalue weighted by Gasteiger charge is -2.40. The Balaban J connectivity index is 1.67. The van der Waals surface area contributed by atoms with Crippen LogP contribution in [0, 0.1) is 17.6 Å². The molecule has 2 aliphatic heterocycles. The third kappa shape index (κ3) is 4.93. The first-order chi connectivity index (χ1) is 18.7. The molecule has 5 N–H and O–H groups in total. The van der Waals surface area contributed by atoms with Crippen LogP contribution in [0.5, 0.6) is 0 Å². The Morgan fingerprint density at radius 1 is 1.10 bits per heavy atom. The fourth-order valence-electron chi connectivity index (χ4n) is 6.76. The summed E-state index contributed by atoms with van der Waals surface area (Å²) >= 11 is 12.3. The van der Waals surface area contributed by atoms with E-state index in [4.69, 9.17) is 28.3 Å². The summed E-state index contributed by atoms with van der Waals surface area (Å²) in [6.07, 6.45) is 3.79. The number of carbonyl (C=O) groups is 2. The van der Waals surface area contributed by atoms with Gasteiger partial charge in [-0.25, -0.2) is 8.78 Å². The molecule has 2 fully saturated rings. The summed E-state index contributed by atoms with van der Waals surface area (Å²) in [6.45, 7) is -0.351. The molecule has 1 saturated heterocycles. The number of aliphatic hydroxyl groups is 2. The summed E-state index contributed by atoms with van der Waals surface area (Å²) in [4.78, 5) is 27.9. The number of benzene rings is 2. The molecule has 0 aromatic heterocycles. The number of amides is 2. The van der Waals surface area contributed by atoms with Gasteiger partial charge in [-0.2, -0.15) is 0 Å². The van der Waals surface area contributed by atoms with Crippen molar-refractivity contribution in [3.05, 3.63) is 63.1 Å². The van der Waals surface area contributed by atoms with Crippen molar-refractivity contribution in [3.8, 4) is 0 Å². The maximum Gasteiger partial charge on any atom is 0.237 e. The molecule has 0 unspecified atom stereocenters. The van der Waals surface area contributed by atoms with Crippen LogP contribution in [0.2, 0.25) is 10.0 Å². The number of carbonyl (C=O) groups excluding carboxylic acids is 2. The molecule has 1 aliphatic carbocycles. The lowest BCUT2D eigenvalue weighted by molar-refractivity contribution is -0.124. The van der Waals surface area contributed by atoms with Crippen LogP contribution in [0.4, 0.5) is 14.5 Å². The van der Waals surface area contributed by atoms with Gasteiger partial charge in [0.05, 0.1) is 28.8 Å². The number of anilines is 1. The zero-order valence-electron chi connectivity index (χ0n) is 21.2. The van der Waals surface area contributed by atoms with Crippen LogP contribution in [0.15, 0.2) is 30.3 Å². The number of hydrogen-bond donors (Lipinski definition) is 5. The molecule has 7 nitrogen and oxygen atoms in total. The first-order valence-electron chi connectivity index (χ1n) is 13.3. The highest BCUT2D eigenvalue weighted by Gasteiger charge is 2.67. The highest BCUT2D eigenvalue weighted by atomic mass is 35.5. The SMILES string of the molecule is O=C(NCC[C@H](O)CO)[C@@H]1N[C@H](C2CCCCC2)[C@]2(C(=O)Nc3cc(Cl)c(F)cc32)[C@H]1c1ccc(F)c(Cl)c1. The van der Waals surface area contributed by atoms with Crippen molar-refractivity contribution in [2.24, 2.45) is 5.92 Å². The van der Waals surface area contributed by atoms with Gasteiger partial charge in [0.25, 0.3) is 0 Å². The van der Waals surface area contributed by atoms with E-state index < -0.39 is 59.6 Å². The standard InChI is InChI=1S/C28H31Cl2F2N3O4/c29-18-10-15(6-7-20(18)31)23-24(26(38)33-9-8-16(37)13-36)35-25(14-4-2-1-3-5-14)28(23)17-11-21(32)19(30)12-22(17)34-27(28)39/h6-7,10-12,14,16,23-25,35-37H,1-5,8-9,13H2,(H,33,38)(H,34,39)/t16-,23-,24+,25+,28+/m0/s1. The van der Waals surface area contributed by atoms with Crippen molar-refractivity contribution in [1.82, 2.24) is 10.6 Å². The molecule has 2 heterocycles.